The summed E-state index contributed by atoms with van der Waals surface area (Å²) in [5.41, 5.74) is 0.930. The van der Waals surface area contributed by atoms with Crippen molar-refractivity contribution in [1.29, 1.82) is 0 Å². The molecule has 85 heavy (non-hydrogen) atoms. The third-order valence-corrected chi connectivity index (χ3v) is 14.0. The number of hydrazine groups is 2. The molecule has 2 aromatic heterocycles. The molecular weight excluding hydrogens is 1220 g/mol. The number of halogens is 2. The minimum Gasteiger partial charge on any atom is -0.444 e. The Balaban J connectivity index is 0.000000303. The van der Waals surface area contributed by atoms with Crippen LogP contribution in [0.4, 0.5) is 19.2 Å². The van der Waals surface area contributed by atoms with E-state index in [4.69, 9.17) is 28.9 Å². The van der Waals surface area contributed by atoms with E-state index in [-0.39, 0.29) is 30.2 Å². The molecule has 0 spiro atoms. The fraction of sp³-hybridized carbons (Fsp3) is 0.574. The number of carbonyl (C=O) groups excluding carboxylic acids is 8. The minimum atomic E-state index is -1.40. The molecule has 2 aromatic carbocycles. The predicted molar refractivity (Wildman–Crippen MR) is 331 cm³/mol. The first-order chi connectivity index (χ1) is 39.0. The third-order valence-electron chi connectivity index (χ3n) is 13.0. The van der Waals surface area contributed by atoms with Crippen LogP contribution in [0, 0.1) is 0 Å². The Morgan fingerprint density at radius 2 is 0.965 bits per heavy atom. The summed E-state index contributed by atoms with van der Waals surface area (Å²) in [4.78, 5) is 110. The molecule has 0 radical (unpaired) electrons. The van der Waals surface area contributed by atoms with Gasteiger partial charge in [0.1, 0.15) is 39.5 Å². The van der Waals surface area contributed by atoms with Crippen LogP contribution in [0.1, 0.15) is 181 Å². The summed E-state index contributed by atoms with van der Waals surface area (Å²) in [6.07, 6.45) is -0.708. The van der Waals surface area contributed by atoms with Gasteiger partial charge in [-0.2, -0.15) is 5.01 Å². The van der Waals surface area contributed by atoms with Gasteiger partial charge in [-0.05, 0) is 194 Å². The van der Waals surface area contributed by atoms with Gasteiger partial charge in [-0.15, -0.1) is 0 Å². The van der Waals surface area contributed by atoms with E-state index in [1.54, 1.807) is 111 Å². The molecule has 4 heterocycles. The number of hydrogen-bond donors (Lipinski definition) is 5. The van der Waals surface area contributed by atoms with E-state index < -0.39 is 81.9 Å². The van der Waals surface area contributed by atoms with Crippen molar-refractivity contribution in [2.24, 2.45) is 0 Å². The van der Waals surface area contributed by atoms with Crippen LogP contribution in [0.15, 0.2) is 69.6 Å². The van der Waals surface area contributed by atoms with Crippen molar-refractivity contribution in [2.45, 2.75) is 215 Å². The number of aromatic nitrogens is 2. The van der Waals surface area contributed by atoms with E-state index in [1.807, 2.05) is 74.5 Å². The van der Waals surface area contributed by atoms with Crippen molar-refractivity contribution in [3.05, 3.63) is 81.0 Å². The molecule has 0 saturated carbocycles. The zero-order chi connectivity index (χ0) is 64.4. The molecule has 0 bridgehead atoms. The lowest BCUT2D eigenvalue weighted by atomic mass is 9.91. The lowest BCUT2D eigenvalue weighted by molar-refractivity contribution is -0.156. The van der Waals surface area contributed by atoms with E-state index in [9.17, 15) is 38.4 Å². The lowest BCUT2D eigenvalue weighted by Crippen LogP contribution is -2.69. The Labute approximate surface area is 516 Å². The van der Waals surface area contributed by atoms with E-state index in [1.165, 1.54) is 16.9 Å². The number of amides is 7. The van der Waals surface area contributed by atoms with Gasteiger partial charge in [0.05, 0.1) is 40.5 Å². The van der Waals surface area contributed by atoms with Crippen molar-refractivity contribution in [3.8, 4) is 0 Å². The molecule has 2 saturated heterocycles. The van der Waals surface area contributed by atoms with Crippen molar-refractivity contribution in [1.82, 2.24) is 51.7 Å². The van der Waals surface area contributed by atoms with Crippen LogP contribution < -0.4 is 26.7 Å². The van der Waals surface area contributed by atoms with Crippen molar-refractivity contribution >= 4 is 102 Å². The number of ether oxygens (including phenoxy) is 4. The SMILES string of the molecule is CC(=O)[C@H](C)NC(=O)OC(C)(C)C.C[C@@H](NC(=O)C1(C)CCCN(C(=O)OC(C)(C)C)N1C(=O)OC(C)(C)C)c1ccc2ccc(Br)cc2n1.C[C@H](NC(=O)OC(C)(C)C)C(=O)N1CCCC(C)(C(=O)N[C@H](C)c2ccc3ccc(Br)cc3n2)N1. The van der Waals surface area contributed by atoms with Crippen molar-refractivity contribution in [3.63, 3.8) is 0 Å². The second-order valence-corrected chi connectivity index (χ2v) is 27.5. The van der Waals surface area contributed by atoms with Gasteiger partial charge in [0.2, 0.25) is 11.8 Å². The zero-order valence-electron chi connectivity index (χ0n) is 52.7. The van der Waals surface area contributed by atoms with Crippen molar-refractivity contribution in [2.75, 3.05) is 13.1 Å². The summed E-state index contributed by atoms with van der Waals surface area (Å²) >= 11 is 6.93. The summed E-state index contributed by atoms with van der Waals surface area (Å²) in [5.74, 6) is -1.09. The molecule has 24 heteroatoms. The highest BCUT2D eigenvalue weighted by atomic mass is 79.9. The second-order valence-electron chi connectivity index (χ2n) is 25.7. The monoisotopic (exact) mass is 1310 g/mol. The molecule has 2 unspecified atom stereocenters. The van der Waals surface area contributed by atoms with Gasteiger partial charge in [-0.1, -0.05) is 56.1 Å². The number of alkyl carbamates (subject to hydrolysis) is 2. The fourth-order valence-electron chi connectivity index (χ4n) is 8.59. The van der Waals surface area contributed by atoms with E-state index >= 15 is 0 Å². The Kier molecular flexibility index (Phi) is 23.9. The van der Waals surface area contributed by atoms with Gasteiger partial charge in [0, 0.05) is 32.8 Å². The average Bonchev–Trinajstić information content (AvgIpc) is 0.956. The number of fused-ring (bicyclic) bond motifs is 2. The first-order valence-electron chi connectivity index (χ1n) is 28.4. The molecule has 6 atom stereocenters. The molecule has 468 valence electrons. The molecular formula is C61H88Br2N10O12. The smallest absolute Gasteiger partial charge is 0.430 e. The van der Waals surface area contributed by atoms with Crippen LogP contribution in [-0.4, -0.2) is 132 Å². The number of carbonyl (C=O) groups is 8. The minimum absolute atomic E-state index is 0.0918. The van der Waals surface area contributed by atoms with Crippen LogP contribution >= 0.6 is 31.9 Å². The van der Waals surface area contributed by atoms with Gasteiger partial charge < -0.3 is 40.2 Å². The largest absolute Gasteiger partial charge is 0.444 e. The van der Waals surface area contributed by atoms with Gasteiger partial charge >= 0.3 is 24.4 Å². The summed E-state index contributed by atoms with van der Waals surface area (Å²) in [6.45, 7) is 33.4. The zero-order valence-corrected chi connectivity index (χ0v) is 55.9. The van der Waals surface area contributed by atoms with Crippen LogP contribution in [0.25, 0.3) is 21.8 Å². The summed E-state index contributed by atoms with van der Waals surface area (Å²) in [7, 11) is 0. The standard InChI is InChI=1S/C27H37BrN4O5.C25H34BrN5O4.C9H17NO3/c1-17(20-13-11-18-10-12-19(28)16-21(18)30-20)29-22(33)27(8)14-9-15-31(23(34)36-25(2,3)4)32(27)24(35)37-26(5,6)7;1-15(19-11-9-17-8-10-18(26)14-20(17)29-19)27-22(33)25(6)12-7-13-31(30-25)21(32)16(2)28-23(34)35-24(3,4)5;1-6(7(2)11)10-8(12)13-9(3,4)5/h10-13,16-17H,9,14-15H2,1-8H3,(H,29,33);8-11,14-16,30H,7,12-13H2,1-6H3,(H,27,33)(H,28,34);6H,1-5H3,(H,10,12)/t17-,27?;15-,16+,25?;6-/m110/s1. The Morgan fingerprint density at radius 1 is 0.553 bits per heavy atom. The van der Waals surface area contributed by atoms with Crippen LogP contribution in [0.2, 0.25) is 0 Å². The number of Topliss-reactive ketones (excluding diaryl/α,β-unsaturated/α-hetero) is 1. The summed E-state index contributed by atoms with van der Waals surface area (Å²) in [5, 5.41) is 16.7. The molecule has 2 fully saturated rings. The first kappa shape index (κ1) is 70.8. The maximum atomic E-state index is 13.8. The van der Waals surface area contributed by atoms with Crippen molar-refractivity contribution < 1.29 is 57.3 Å². The number of rotatable bonds is 10. The first-order valence-corrected chi connectivity index (χ1v) is 29.9. The third kappa shape index (κ3) is 21.7. The van der Waals surface area contributed by atoms with E-state index in [2.05, 4.69) is 58.6 Å². The van der Waals surface area contributed by atoms with Gasteiger partial charge in [-0.3, -0.25) is 34.2 Å². The van der Waals surface area contributed by atoms with Gasteiger partial charge in [0.25, 0.3) is 5.91 Å². The van der Waals surface area contributed by atoms with E-state index in [0.29, 0.717) is 37.9 Å². The molecule has 5 N–H and O–H groups in total. The van der Waals surface area contributed by atoms with Crippen LogP contribution in [0.5, 0.6) is 0 Å². The quantitative estimate of drug-likeness (QED) is 0.0924. The van der Waals surface area contributed by atoms with Gasteiger partial charge in [-0.25, -0.2) is 29.6 Å². The van der Waals surface area contributed by atoms with Crippen LogP contribution in [0.3, 0.4) is 0 Å². The predicted octanol–water partition coefficient (Wildman–Crippen LogP) is 11.6. The van der Waals surface area contributed by atoms with E-state index in [0.717, 1.165) is 41.5 Å². The number of nitrogens with zero attached hydrogens (tertiary/aromatic N) is 5. The molecule has 6 rings (SSSR count). The lowest BCUT2D eigenvalue weighted by Gasteiger charge is -2.49. The number of hydrogen-bond acceptors (Lipinski definition) is 15. The maximum absolute atomic E-state index is 13.8. The van der Waals surface area contributed by atoms with Gasteiger partial charge in [0.15, 0.2) is 5.78 Å². The summed E-state index contributed by atoms with van der Waals surface area (Å²) in [6, 6.07) is 17.3. The Morgan fingerprint density at radius 3 is 1.41 bits per heavy atom. The summed E-state index contributed by atoms with van der Waals surface area (Å²) < 4.78 is 23.2. The highest BCUT2D eigenvalue weighted by Gasteiger charge is 2.52. The average molecular weight is 1310 g/mol. The topological polar surface area (TPSA) is 269 Å². The highest BCUT2D eigenvalue weighted by molar-refractivity contribution is 9.10. The molecule has 7 amide bonds. The second kappa shape index (κ2) is 28.7. The number of pyridine rings is 2. The fourth-order valence-corrected chi connectivity index (χ4v) is 9.29. The number of ketones is 1. The number of benzene rings is 2. The molecule has 4 aromatic rings. The highest BCUT2D eigenvalue weighted by Crippen LogP contribution is 2.34. The number of nitrogens with one attached hydrogen (secondary N) is 5. The Bertz CT molecular complexity index is 3080. The molecule has 2 aliphatic rings. The molecule has 2 aliphatic heterocycles. The molecule has 22 nitrogen and oxygen atoms in total. The molecule has 0 aliphatic carbocycles. The normalized spacial score (nSPS) is 18.8. The maximum Gasteiger partial charge on any atom is 0.430 e. The Hall–Kier alpha value is -6.66. The van der Waals surface area contributed by atoms with Crippen LogP contribution in [-0.2, 0) is 38.1 Å².